The Morgan fingerprint density at radius 2 is 2.05 bits per heavy atom. The number of hydrogen-bond acceptors (Lipinski definition) is 3. The van der Waals surface area contributed by atoms with E-state index in [9.17, 15) is 0 Å². The van der Waals surface area contributed by atoms with Crippen molar-refractivity contribution in [3.05, 3.63) is 16.1 Å². The number of guanidine groups is 1. The molecule has 0 aliphatic heterocycles. The zero-order valence-electron chi connectivity index (χ0n) is 14.4. The maximum absolute atomic E-state index is 4.72. The van der Waals surface area contributed by atoms with Crippen molar-refractivity contribution in [2.45, 2.75) is 77.8 Å². The van der Waals surface area contributed by atoms with Crippen molar-refractivity contribution in [2.24, 2.45) is 4.99 Å². The molecular formula is C17H30N4S. The van der Waals surface area contributed by atoms with E-state index in [0.29, 0.717) is 12.6 Å². The highest BCUT2D eigenvalue weighted by Gasteiger charge is 2.17. The number of nitrogens with zero attached hydrogens (tertiary/aromatic N) is 2. The van der Waals surface area contributed by atoms with Gasteiger partial charge in [0.25, 0.3) is 0 Å². The van der Waals surface area contributed by atoms with Gasteiger partial charge in [-0.25, -0.2) is 9.98 Å². The summed E-state index contributed by atoms with van der Waals surface area (Å²) >= 11 is 1.71. The van der Waals surface area contributed by atoms with Gasteiger partial charge in [-0.15, -0.1) is 11.3 Å². The summed E-state index contributed by atoms with van der Waals surface area (Å²) in [4.78, 5) is 9.43. The Kier molecular flexibility index (Phi) is 6.24. The Hall–Kier alpha value is -1.10. The minimum Gasteiger partial charge on any atom is -0.357 e. The third-order valence-corrected chi connectivity index (χ3v) is 4.82. The fraction of sp³-hybridized carbons (Fsp3) is 0.765. The highest BCUT2D eigenvalue weighted by atomic mass is 32.1. The molecule has 0 aromatic carbocycles. The molecule has 124 valence electrons. The number of rotatable bonds is 4. The molecule has 22 heavy (non-hydrogen) atoms. The zero-order valence-corrected chi connectivity index (χ0v) is 15.2. The number of thiazole rings is 1. The molecule has 0 spiro atoms. The SMILES string of the molecule is CCNC(=NCc1nc(C(C)(C)C)cs1)NC1CCCCC1. The standard InChI is InChI=1S/C17H30N4S/c1-5-18-16(20-13-9-7-6-8-10-13)19-11-15-21-14(12-22-15)17(2,3)4/h12-13H,5-11H2,1-4H3,(H2,18,19,20). The van der Waals surface area contributed by atoms with E-state index in [1.807, 2.05) is 0 Å². The van der Waals surface area contributed by atoms with Crippen molar-refractivity contribution in [3.8, 4) is 0 Å². The average molecular weight is 323 g/mol. The Morgan fingerprint density at radius 1 is 1.32 bits per heavy atom. The number of aromatic nitrogens is 1. The lowest BCUT2D eigenvalue weighted by Gasteiger charge is -2.24. The zero-order chi connectivity index (χ0) is 16.0. The Balaban J connectivity index is 1.95. The van der Waals surface area contributed by atoms with Gasteiger partial charge in [0.2, 0.25) is 0 Å². The minimum absolute atomic E-state index is 0.114. The van der Waals surface area contributed by atoms with Crippen LogP contribution in [0, 0.1) is 0 Å². The third-order valence-electron chi connectivity index (χ3n) is 3.98. The van der Waals surface area contributed by atoms with Gasteiger partial charge in [-0.2, -0.15) is 0 Å². The predicted molar refractivity (Wildman–Crippen MR) is 95.6 cm³/mol. The molecule has 2 N–H and O–H groups in total. The molecule has 5 heteroatoms. The van der Waals surface area contributed by atoms with Crippen LogP contribution in [0.1, 0.15) is 70.5 Å². The second kappa shape index (κ2) is 7.95. The predicted octanol–water partition coefficient (Wildman–Crippen LogP) is 3.83. The van der Waals surface area contributed by atoms with Crippen LogP contribution in [0.25, 0.3) is 0 Å². The van der Waals surface area contributed by atoms with E-state index in [-0.39, 0.29) is 5.41 Å². The number of nitrogens with one attached hydrogen (secondary N) is 2. The molecule has 1 aliphatic carbocycles. The van der Waals surface area contributed by atoms with E-state index < -0.39 is 0 Å². The van der Waals surface area contributed by atoms with Gasteiger partial charge in [0, 0.05) is 23.4 Å². The molecule has 0 unspecified atom stereocenters. The summed E-state index contributed by atoms with van der Waals surface area (Å²) in [5, 5.41) is 10.2. The van der Waals surface area contributed by atoms with Gasteiger partial charge in [0.15, 0.2) is 5.96 Å². The van der Waals surface area contributed by atoms with E-state index in [0.717, 1.165) is 23.2 Å². The molecule has 1 fully saturated rings. The van der Waals surface area contributed by atoms with E-state index in [2.05, 4.69) is 43.7 Å². The molecule has 0 radical (unpaired) electrons. The van der Waals surface area contributed by atoms with Crippen molar-refractivity contribution in [1.29, 1.82) is 0 Å². The van der Waals surface area contributed by atoms with Gasteiger partial charge < -0.3 is 10.6 Å². The number of aliphatic imine (C=N–C) groups is 1. The van der Waals surface area contributed by atoms with Gasteiger partial charge in [-0.3, -0.25) is 0 Å². The van der Waals surface area contributed by atoms with E-state index >= 15 is 0 Å². The first kappa shape index (κ1) is 17.3. The van der Waals surface area contributed by atoms with E-state index in [1.165, 1.54) is 32.1 Å². The molecule has 1 saturated carbocycles. The topological polar surface area (TPSA) is 49.3 Å². The van der Waals surface area contributed by atoms with Crippen LogP contribution in [0.4, 0.5) is 0 Å². The summed E-state index contributed by atoms with van der Waals surface area (Å²) in [6.07, 6.45) is 6.56. The summed E-state index contributed by atoms with van der Waals surface area (Å²) in [6, 6.07) is 0.577. The van der Waals surface area contributed by atoms with Crippen molar-refractivity contribution in [3.63, 3.8) is 0 Å². The molecule has 1 aromatic rings. The Morgan fingerprint density at radius 3 is 2.64 bits per heavy atom. The van der Waals surface area contributed by atoms with Crippen LogP contribution >= 0.6 is 11.3 Å². The normalized spacial score (nSPS) is 17.5. The molecule has 4 nitrogen and oxygen atoms in total. The summed E-state index contributed by atoms with van der Waals surface area (Å²) in [5.41, 5.74) is 1.27. The largest absolute Gasteiger partial charge is 0.357 e. The van der Waals surface area contributed by atoms with Crippen LogP contribution < -0.4 is 10.6 Å². The van der Waals surface area contributed by atoms with E-state index in [1.54, 1.807) is 11.3 Å². The van der Waals surface area contributed by atoms with Crippen LogP contribution in [0.3, 0.4) is 0 Å². The molecule has 2 rings (SSSR count). The highest BCUT2D eigenvalue weighted by molar-refractivity contribution is 7.09. The molecule has 0 saturated heterocycles. The van der Waals surface area contributed by atoms with Crippen LogP contribution in [-0.4, -0.2) is 23.5 Å². The molecule has 1 heterocycles. The Labute approximate surface area is 138 Å². The van der Waals surface area contributed by atoms with Gasteiger partial charge in [-0.1, -0.05) is 40.0 Å². The lowest BCUT2D eigenvalue weighted by molar-refractivity contribution is 0.410. The van der Waals surface area contributed by atoms with Gasteiger partial charge in [-0.05, 0) is 19.8 Å². The average Bonchev–Trinajstić information content (AvgIpc) is 2.95. The van der Waals surface area contributed by atoms with E-state index in [4.69, 9.17) is 9.98 Å². The second-order valence-corrected chi connectivity index (χ2v) is 7.99. The first-order valence-electron chi connectivity index (χ1n) is 8.48. The molecular weight excluding hydrogens is 292 g/mol. The van der Waals surface area contributed by atoms with Crippen molar-refractivity contribution in [1.82, 2.24) is 15.6 Å². The van der Waals surface area contributed by atoms with Crippen LogP contribution in [0.2, 0.25) is 0 Å². The summed E-state index contributed by atoms with van der Waals surface area (Å²) in [6.45, 7) is 10.3. The number of hydrogen-bond donors (Lipinski definition) is 2. The van der Waals surface area contributed by atoms with Gasteiger partial charge >= 0.3 is 0 Å². The van der Waals surface area contributed by atoms with Crippen molar-refractivity contribution < 1.29 is 0 Å². The van der Waals surface area contributed by atoms with Crippen molar-refractivity contribution in [2.75, 3.05) is 6.54 Å². The summed E-state index contributed by atoms with van der Waals surface area (Å²) in [5.74, 6) is 0.932. The maximum Gasteiger partial charge on any atom is 0.191 e. The van der Waals surface area contributed by atoms with Crippen molar-refractivity contribution >= 4 is 17.3 Å². The summed E-state index contributed by atoms with van der Waals surface area (Å²) < 4.78 is 0. The quantitative estimate of drug-likeness (QED) is 0.654. The molecule has 1 aliphatic rings. The monoisotopic (exact) mass is 322 g/mol. The van der Waals surface area contributed by atoms with Crippen LogP contribution in [-0.2, 0) is 12.0 Å². The summed E-state index contributed by atoms with van der Waals surface area (Å²) in [7, 11) is 0. The molecule has 0 atom stereocenters. The molecule has 0 bridgehead atoms. The van der Waals surface area contributed by atoms with Crippen LogP contribution in [0.5, 0.6) is 0 Å². The lowest BCUT2D eigenvalue weighted by atomic mass is 9.93. The fourth-order valence-corrected chi connectivity index (χ4v) is 3.58. The van der Waals surface area contributed by atoms with Crippen LogP contribution in [0.15, 0.2) is 10.4 Å². The molecule has 1 aromatic heterocycles. The smallest absolute Gasteiger partial charge is 0.191 e. The van der Waals surface area contributed by atoms with Gasteiger partial charge in [0.05, 0.1) is 12.2 Å². The first-order chi connectivity index (χ1) is 10.5. The Bertz CT molecular complexity index is 481. The first-order valence-corrected chi connectivity index (χ1v) is 9.36. The maximum atomic E-state index is 4.72. The van der Waals surface area contributed by atoms with Gasteiger partial charge in [0.1, 0.15) is 5.01 Å². The highest BCUT2D eigenvalue weighted by Crippen LogP contribution is 2.24. The fourth-order valence-electron chi connectivity index (χ4n) is 2.63. The molecule has 0 amide bonds. The minimum atomic E-state index is 0.114. The second-order valence-electron chi connectivity index (χ2n) is 7.05. The third kappa shape index (κ3) is 5.27. The lowest BCUT2D eigenvalue weighted by Crippen LogP contribution is -2.44.